The molecule has 6 atom stereocenters. The lowest BCUT2D eigenvalue weighted by Crippen LogP contribution is -2.34. The monoisotopic (exact) mass is 387 g/mol. The van der Waals surface area contributed by atoms with E-state index in [1.165, 1.54) is 12.5 Å². The summed E-state index contributed by atoms with van der Waals surface area (Å²) in [4.78, 5) is 35.1. The molecule has 0 N–H and O–H groups in total. The summed E-state index contributed by atoms with van der Waals surface area (Å²) < 4.78 is 6.10. The zero-order valence-electron chi connectivity index (χ0n) is 16.5. The van der Waals surface area contributed by atoms with Gasteiger partial charge in [0.2, 0.25) is 0 Å². The number of ether oxygens (including phenoxy) is 1. The summed E-state index contributed by atoms with van der Waals surface area (Å²) in [6, 6.07) is 6.20. The molecule has 2 saturated heterocycles. The summed E-state index contributed by atoms with van der Waals surface area (Å²) in [7, 11) is 0. The number of Topliss-reactive ketones (excluding diaryl/α,β-unsaturated/α-hetero) is 2. The highest BCUT2D eigenvalue weighted by Gasteiger charge is 2.66. The fraction of sp³-hybridized carbons (Fsp3) is 0.435. The third-order valence-electron chi connectivity index (χ3n) is 6.82. The Hall–Kier alpha value is -2.91. The number of carbonyl (C=O) groups is 2. The van der Waals surface area contributed by atoms with E-state index in [4.69, 9.17) is 4.74 Å². The molecule has 2 aliphatic heterocycles. The highest BCUT2D eigenvalue weighted by Crippen LogP contribution is 2.57. The van der Waals surface area contributed by atoms with Crippen LogP contribution in [-0.2, 0) is 14.3 Å². The van der Waals surface area contributed by atoms with Gasteiger partial charge in [0.25, 0.3) is 0 Å². The van der Waals surface area contributed by atoms with Gasteiger partial charge in [0, 0.05) is 12.1 Å². The van der Waals surface area contributed by atoms with E-state index in [-0.39, 0.29) is 29.5 Å². The molecular weight excluding hydrogens is 366 g/mol. The van der Waals surface area contributed by atoms with Crippen molar-refractivity contribution in [2.75, 3.05) is 0 Å². The summed E-state index contributed by atoms with van der Waals surface area (Å²) in [6.07, 6.45) is 2.83. The van der Waals surface area contributed by atoms with E-state index in [0.717, 1.165) is 22.3 Å². The minimum Gasteiger partial charge on any atom is -0.373 e. The summed E-state index contributed by atoms with van der Waals surface area (Å²) in [5.74, 6) is -1.77. The van der Waals surface area contributed by atoms with E-state index in [1.807, 2.05) is 32.9 Å². The van der Waals surface area contributed by atoms with Crippen LogP contribution in [0.25, 0.3) is 0 Å². The molecule has 146 valence electrons. The normalized spacial score (nSPS) is 32.5. The van der Waals surface area contributed by atoms with Crippen molar-refractivity contribution in [2.24, 2.45) is 11.8 Å². The van der Waals surface area contributed by atoms with Gasteiger partial charge in [-0.1, -0.05) is 17.7 Å². The molecule has 1 aromatic carbocycles. The van der Waals surface area contributed by atoms with Crippen LogP contribution in [0.5, 0.6) is 0 Å². The first-order chi connectivity index (χ1) is 13.9. The molecule has 1 saturated carbocycles. The van der Waals surface area contributed by atoms with Gasteiger partial charge < -0.3 is 4.74 Å². The molecule has 1 aliphatic carbocycles. The van der Waals surface area contributed by atoms with Crippen LogP contribution in [0.2, 0.25) is 0 Å². The smallest absolute Gasteiger partial charge is 0.154 e. The fourth-order valence-corrected chi connectivity index (χ4v) is 5.88. The fourth-order valence-electron chi connectivity index (χ4n) is 5.88. The van der Waals surface area contributed by atoms with Crippen LogP contribution in [0.15, 0.2) is 24.7 Å². The third-order valence-corrected chi connectivity index (χ3v) is 6.82. The van der Waals surface area contributed by atoms with Gasteiger partial charge in [-0.2, -0.15) is 5.26 Å². The van der Waals surface area contributed by atoms with Crippen LogP contribution in [0.3, 0.4) is 0 Å². The molecular formula is C23H21N3O3. The number of hydrogen-bond donors (Lipinski definition) is 0. The van der Waals surface area contributed by atoms with Gasteiger partial charge in [-0.05, 0) is 43.9 Å². The van der Waals surface area contributed by atoms with Crippen LogP contribution >= 0.6 is 0 Å². The lowest BCUT2D eigenvalue weighted by molar-refractivity contribution is -0.127. The summed E-state index contributed by atoms with van der Waals surface area (Å²) in [6.45, 7) is 5.96. The Balaban J connectivity index is 1.54. The maximum absolute atomic E-state index is 13.5. The summed E-state index contributed by atoms with van der Waals surface area (Å²) in [5, 5.41) is 9.41. The molecule has 3 heterocycles. The van der Waals surface area contributed by atoms with Crippen molar-refractivity contribution >= 4 is 11.6 Å². The molecule has 0 amide bonds. The Morgan fingerprint density at radius 2 is 1.79 bits per heavy atom. The number of nitrogens with zero attached hydrogens (tertiary/aromatic N) is 3. The van der Waals surface area contributed by atoms with Crippen LogP contribution in [0.1, 0.15) is 51.8 Å². The Labute approximate surface area is 168 Å². The van der Waals surface area contributed by atoms with E-state index < -0.39 is 17.9 Å². The van der Waals surface area contributed by atoms with Crippen molar-refractivity contribution in [1.29, 1.82) is 5.26 Å². The number of hydrogen-bond acceptors (Lipinski definition) is 6. The highest BCUT2D eigenvalue weighted by atomic mass is 16.5. The lowest BCUT2D eigenvalue weighted by Gasteiger charge is -2.26. The number of ketones is 2. The summed E-state index contributed by atoms with van der Waals surface area (Å²) >= 11 is 0. The van der Waals surface area contributed by atoms with E-state index in [0.29, 0.717) is 17.7 Å². The standard InChI is InChI=1S/C23H21N3O3/c1-10-4-11(2)16(12(3)5-10)18-21(27)17-15-6-14(23(29-15)19(17)22(18)28)20-13(7-24)8-25-9-26-20/h4-5,8-9,14-15,17-19,23H,6H2,1-3H3/t14-,15-,17-,18?,19+,23+/m0/s1. The molecule has 5 rings (SSSR count). The maximum Gasteiger partial charge on any atom is 0.154 e. The lowest BCUT2D eigenvalue weighted by atomic mass is 9.73. The van der Waals surface area contributed by atoms with Crippen molar-refractivity contribution < 1.29 is 14.3 Å². The van der Waals surface area contributed by atoms with E-state index in [2.05, 4.69) is 16.0 Å². The minimum atomic E-state index is -0.709. The van der Waals surface area contributed by atoms with Crippen molar-refractivity contribution in [3.63, 3.8) is 0 Å². The van der Waals surface area contributed by atoms with Crippen LogP contribution in [0.4, 0.5) is 0 Å². The molecule has 2 aromatic rings. The summed E-state index contributed by atoms with van der Waals surface area (Å²) in [5.41, 5.74) is 4.99. The number of aryl methyl sites for hydroxylation is 3. The van der Waals surface area contributed by atoms with Gasteiger partial charge in [0.15, 0.2) is 11.6 Å². The van der Waals surface area contributed by atoms with Crippen LogP contribution in [-0.4, -0.2) is 33.7 Å². The Bertz CT molecular complexity index is 1080. The predicted molar refractivity (Wildman–Crippen MR) is 103 cm³/mol. The molecule has 0 radical (unpaired) electrons. The van der Waals surface area contributed by atoms with E-state index >= 15 is 0 Å². The minimum absolute atomic E-state index is 0.0100. The Morgan fingerprint density at radius 3 is 2.48 bits per heavy atom. The van der Waals surface area contributed by atoms with Gasteiger partial charge in [0.1, 0.15) is 18.3 Å². The first-order valence-electron chi connectivity index (χ1n) is 9.93. The zero-order valence-corrected chi connectivity index (χ0v) is 16.5. The van der Waals surface area contributed by atoms with Gasteiger partial charge in [-0.3, -0.25) is 9.59 Å². The van der Waals surface area contributed by atoms with E-state index in [9.17, 15) is 14.9 Å². The SMILES string of the molecule is Cc1cc(C)c(C2C(=O)[C@@H]3[C@@H]4O[C@@H](C[C@H]4c4ncncc4C#N)[C@@H]3C2=O)c(C)c1. The van der Waals surface area contributed by atoms with Crippen molar-refractivity contribution in [1.82, 2.24) is 9.97 Å². The second kappa shape index (κ2) is 6.30. The van der Waals surface area contributed by atoms with Gasteiger partial charge in [-0.15, -0.1) is 0 Å². The molecule has 29 heavy (non-hydrogen) atoms. The number of nitriles is 1. The highest BCUT2D eigenvalue weighted by molar-refractivity contribution is 6.17. The predicted octanol–water partition coefficient (Wildman–Crippen LogP) is 2.70. The molecule has 3 fully saturated rings. The van der Waals surface area contributed by atoms with Gasteiger partial charge in [-0.25, -0.2) is 9.97 Å². The number of rotatable bonds is 2. The second-order valence-corrected chi connectivity index (χ2v) is 8.52. The van der Waals surface area contributed by atoms with Crippen LogP contribution < -0.4 is 0 Å². The van der Waals surface area contributed by atoms with Crippen molar-refractivity contribution in [3.8, 4) is 6.07 Å². The molecule has 0 spiro atoms. The van der Waals surface area contributed by atoms with E-state index in [1.54, 1.807) is 0 Å². The Morgan fingerprint density at radius 1 is 1.10 bits per heavy atom. The van der Waals surface area contributed by atoms with Crippen molar-refractivity contribution in [3.05, 3.63) is 58.2 Å². The number of benzene rings is 1. The average molecular weight is 387 g/mol. The largest absolute Gasteiger partial charge is 0.373 e. The Kier molecular flexibility index (Phi) is 3.94. The third kappa shape index (κ3) is 2.44. The van der Waals surface area contributed by atoms with Gasteiger partial charge in [0.05, 0.1) is 35.3 Å². The number of carbonyl (C=O) groups excluding carboxylic acids is 2. The van der Waals surface area contributed by atoms with Crippen molar-refractivity contribution in [2.45, 2.75) is 51.2 Å². The van der Waals surface area contributed by atoms with Gasteiger partial charge >= 0.3 is 0 Å². The number of aromatic nitrogens is 2. The molecule has 6 heteroatoms. The second-order valence-electron chi connectivity index (χ2n) is 8.52. The first-order valence-corrected chi connectivity index (χ1v) is 9.93. The van der Waals surface area contributed by atoms with Crippen LogP contribution in [0, 0.1) is 43.9 Å². The topological polar surface area (TPSA) is 92.9 Å². The first kappa shape index (κ1) is 18.1. The number of fused-ring (bicyclic) bond motifs is 5. The molecule has 1 unspecified atom stereocenters. The quantitative estimate of drug-likeness (QED) is 0.736. The average Bonchev–Trinajstić information content (AvgIpc) is 3.34. The molecule has 2 bridgehead atoms. The molecule has 6 nitrogen and oxygen atoms in total. The molecule has 3 aliphatic rings. The zero-order chi connectivity index (χ0) is 20.4. The molecule has 1 aromatic heterocycles. The maximum atomic E-state index is 13.5.